The summed E-state index contributed by atoms with van der Waals surface area (Å²) in [7, 11) is 1.26. The van der Waals surface area contributed by atoms with Gasteiger partial charge in [0.15, 0.2) is 6.61 Å². The van der Waals surface area contributed by atoms with E-state index in [1.807, 2.05) is 38.1 Å². The number of esters is 2. The van der Waals surface area contributed by atoms with E-state index in [-0.39, 0.29) is 10.8 Å². The lowest BCUT2D eigenvalue weighted by atomic mass is 9.99. The minimum absolute atomic E-state index is 0.112. The fraction of sp³-hybridized carbons (Fsp3) is 0.389. The van der Waals surface area contributed by atoms with E-state index in [1.165, 1.54) is 18.4 Å². The number of hydrogen-bond acceptors (Lipinski definition) is 6. The number of halogens is 1. The Labute approximate surface area is 160 Å². The first-order chi connectivity index (χ1) is 12.4. The molecular formula is C18H20ClNO5S. The predicted octanol–water partition coefficient (Wildman–Crippen LogP) is 3.42. The van der Waals surface area contributed by atoms with Gasteiger partial charge in [0.2, 0.25) is 0 Å². The second-order valence-electron chi connectivity index (χ2n) is 5.77. The largest absolute Gasteiger partial charge is 0.467 e. The summed E-state index contributed by atoms with van der Waals surface area (Å²) in [4.78, 5) is 36.3. The predicted molar refractivity (Wildman–Crippen MR) is 101 cm³/mol. The Hall–Kier alpha value is -2.12. The third kappa shape index (κ3) is 4.53. The smallest absolute Gasteiger partial charge is 0.350 e. The van der Waals surface area contributed by atoms with Crippen LogP contribution in [0, 0.1) is 5.92 Å². The molecule has 1 N–H and O–H groups in total. The number of hydrogen-bond donors (Lipinski definition) is 1. The van der Waals surface area contributed by atoms with Gasteiger partial charge in [0.1, 0.15) is 10.9 Å². The monoisotopic (exact) mass is 397 g/mol. The van der Waals surface area contributed by atoms with Crippen LogP contribution in [-0.2, 0) is 19.1 Å². The van der Waals surface area contributed by atoms with E-state index in [9.17, 15) is 14.4 Å². The van der Waals surface area contributed by atoms with Gasteiger partial charge in [-0.05, 0) is 12.0 Å². The maximum atomic E-state index is 12.2. The van der Waals surface area contributed by atoms with Gasteiger partial charge >= 0.3 is 11.9 Å². The molecule has 0 aliphatic heterocycles. The van der Waals surface area contributed by atoms with E-state index in [0.717, 1.165) is 10.1 Å². The van der Waals surface area contributed by atoms with Crippen LogP contribution in [0.25, 0.3) is 10.1 Å². The number of methoxy groups -OCH3 is 1. The molecule has 0 aliphatic rings. The molecule has 6 nitrogen and oxygen atoms in total. The number of amides is 1. The van der Waals surface area contributed by atoms with Gasteiger partial charge in [0.05, 0.1) is 12.1 Å². The highest BCUT2D eigenvalue weighted by Crippen LogP contribution is 2.35. The lowest BCUT2D eigenvalue weighted by Gasteiger charge is -2.21. The molecule has 0 aliphatic carbocycles. The average molecular weight is 398 g/mol. The minimum atomic E-state index is -0.788. The molecule has 1 aromatic heterocycles. The zero-order valence-electron chi connectivity index (χ0n) is 14.7. The SMILES string of the molecule is CC[C@H](C)[C@H](NC(=O)COC(=O)c1sc2ccccc2c1Cl)C(=O)OC. The second-order valence-corrected chi connectivity index (χ2v) is 7.20. The lowest BCUT2D eigenvalue weighted by molar-refractivity contribution is -0.147. The number of ether oxygens (including phenoxy) is 2. The summed E-state index contributed by atoms with van der Waals surface area (Å²) < 4.78 is 10.6. The molecule has 26 heavy (non-hydrogen) atoms. The Balaban J connectivity index is 2.00. The summed E-state index contributed by atoms with van der Waals surface area (Å²) in [6.07, 6.45) is 0.678. The molecular weight excluding hydrogens is 378 g/mol. The summed E-state index contributed by atoms with van der Waals surface area (Å²) in [5.41, 5.74) is 0. The topological polar surface area (TPSA) is 81.7 Å². The number of fused-ring (bicyclic) bond motifs is 1. The van der Waals surface area contributed by atoms with Crippen molar-refractivity contribution in [2.75, 3.05) is 13.7 Å². The molecule has 2 atom stereocenters. The average Bonchev–Trinajstić information content (AvgIpc) is 3.00. The number of carbonyl (C=O) groups excluding carboxylic acids is 3. The third-order valence-electron chi connectivity index (χ3n) is 4.04. The zero-order valence-corrected chi connectivity index (χ0v) is 16.3. The fourth-order valence-electron chi connectivity index (χ4n) is 2.35. The van der Waals surface area contributed by atoms with E-state index in [4.69, 9.17) is 21.1 Å². The Kier molecular flexibility index (Phi) is 6.99. The zero-order chi connectivity index (χ0) is 19.3. The van der Waals surface area contributed by atoms with Gasteiger partial charge in [0, 0.05) is 10.1 Å². The highest BCUT2D eigenvalue weighted by Gasteiger charge is 2.27. The number of rotatable bonds is 7. The maximum absolute atomic E-state index is 12.2. The van der Waals surface area contributed by atoms with Crippen LogP contribution in [0.1, 0.15) is 29.9 Å². The van der Waals surface area contributed by atoms with Crippen molar-refractivity contribution in [2.45, 2.75) is 26.3 Å². The molecule has 0 radical (unpaired) electrons. The molecule has 140 valence electrons. The van der Waals surface area contributed by atoms with Gasteiger partial charge in [-0.2, -0.15) is 0 Å². The number of thiophene rings is 1. The molecule has 0 bridgehead atoms. The van der Waals surface area contributed by atoms with Crippen molar-refractivity contribution in [3.8, 4) is 0 Å². The van der Waals surface area contributed by atoms with Crippen molar-refractivity contribution in [2.24, 2.45) is 5.92 Å². The van der Waals surface area contributed by atoms with E-state index in [0.29, 0.717) is 11.4 Å². The van der Waals surface area contributed by atoms with Crippen LogP contribution in [0.3, 0.4) is 0 Å². The van der Waals surface area contributed by atoms with Crippen molar-refractivity contribution < 1.29 is 23.9 Å². The first kappa shape index (κ1) is 20.2. The molecule has 2 rings (SSSR count). The second kappa shape index (κ2) is 9.00. The third-order valence-corrected chi connectivity index (χ3v) is 5.69. The number of nitrogens with one attached hydrogen (secondary N) is 1. The summed E-state index contributed by atoms with van der Waals surface area (Å²) in [5, 5.41) is 3.62. The summed E-state index contributed by atoms with van der Waals surface area (Å²) in [6, 6.07) is 6.54. The number of carbonyl (C=O) groups is 3. The van der Waals surface area contributed by atoms with Gasteiger partial charge < -0.3 is 14.8 Å². The molecule has 0 spiro atoms. The highest BCUT2D eigenvalue weighted by atomic mass is 35.5. The highest BCUT2D eigenvalue weighted by molar-refractivity contribution is 7.21. The van der Waals surface area contributed by atoms with Crippen LogP contribution in [-0.4, -0.2) is 37.6 Å². The van der Waals surface area contributed by atoms with E-state index < -0.39 is 30.5 Å². The van der Waals surface area contributed by atoms with Crippen molar-refractivity contribution in [1.29, 1.82) is 0 Å². The Morgan fingerprint density at radius 1 is 1.27 bits per heavy atom. The van der Waals surface area contributed by atoms with Gasteiger partial charge in [-0.3, -0.25) is 4.79 Å². The first-order valence-corrected chi connectivity index (χ1v) is 9.29. The fourth-order valence-corrected chi connectivity index (χ4v) is 3.76. The molecule has 8 heteroatoms. The summed E-state index contributed by atoms with van der Waals surface area (Å²) in [6.45, 7) is 3.22. The molecule has 1 amide bonds. The quantitative estimate of drug-likeness (QED) is 0.724. The Bertz CT molecular complexity index is 819. The normalized spacial score (nSPS) is 13.1. The molecule has 0 fully saturated rings. The molecule has 2 aromatic rings. The molecule has 0 saturated carbocycles. The molecule has 1 heterocycles. The van der Waals surface area contributed by atoms with Crippen LogP contribution in [0.5, 0.6) is 0 Å². The van der Waals surface area contributed by atoms with Gasteiger partial charge in [-0.1, -0.05) is 50.1 Å². The van der Waals surface area contributed by atoms with Crippen molar-refractivity contribution in [3.63, 3.8) is 0 Å². The van der Waals surface area contributed by atoms with E-state index in [1.54, 1.807) is 0 Å². The van der Waals surface area contributed by atoms with Gasteiger partial charge in [-0.15, -0.1) is 11.3 Å². The Morgan fingerprint density at radius 2 is 1.96 bits per heavy atom. The molecule has 0 saturated heterocycles. The lowest BCUT2D eigenvalue weighted by Crippen LogP contribution is -2.47. The van der Waals surface area contributed by atoms with E-state index >= 15 is 0 Å². The summed E-state index contributed by atoms with van der Waals surface area (Å²) >= 11 is 7.42. The maximum Gasteiger partial charge on any atom is 0.350 e. The van der Waals surface area contributed by atoms with Crippen LogP contribution in [0.4, 0.5) is 0 Å². The van der Waals surface area contributed by atoms with E-state index in [2.05, 4.69) is 5.32 Å². The minimum Gasteiger partial charge on any atom is -0.467 e. The van der Waals surface area contributed by atoms with Crippen molar-refractivity contribution in [3.05, 3.63) is 34.2 Å². The number of benzene rings is 1. The molecule has 0 unspecified atom stereocenters. The summed E-state index contributed by atoms with van der Waals surface area (Å²) in [5.74, 6) is -1.90. The van der Waals surface area contributed by atoms with Gasteiger partial charge in [-0.25, -0.2) is 9.59 Å². The Morgan fingerprint density at radius 3 is 2.58 bits per heavy atom. The van der Waals surface area contributed by atoms with Crippen molar-refractivity contribution >= 4 is 50.9 Å². The van der Waals surface area contributed by atoms with Crippen LogP contribution < -0.4 is 5.32 Å². The first-order valence-electron chi connectivity index (χ1n) is 8.10. The van der Waals surface area contributed by atoms with Gasteiger partial charge in [0.25, 0.3) is 5.91 Å². The van der Waals surface area contributed by atoms with Crippen LogP contribution >= 0.6 is 22.9 Å². The van der Waals surface area contributed by atoms with Crippen LogP contribution in [0.2, 0.25) is 5.02 Å². The van der Waals surface area contributed by atoms with Crippen molar-refractivity contribution in [1.82, 2.24) is 5.32 Å². The standard InChI is InChI=1S/C18H20ClNO5S/c1-4-10(2)15(17(22)24-3)20-13(21)9-25-18(23)16-14(19)11-7-5-6-8-12(11)26-16/h5-8,10,15H,4,9H2,1-3H3,(H,20,21)/t10-,15-/m0/s1. The van der Waals surface area contributed by atoms with Crippen LogP contribution in [0.15, 0.2) is 24.3 Å². The molecule has 1 aromatic carbocycles.